The fraction of sp³-hybridized carbons (Fsp3) is 0.182. The van der Waals surface area contributed by atoms with Crippen LogP contribution < -0.4 is 16.4 Å². The Morgan fingerprint density at radius 2 is 1.70 bits per heavy atom. The van der Waals surface area contributed by atoms with Gasteiger partial charge in [0.25, 0.3) is 11.8 Å². The van der Waals surface area contributed by atoms with Gasteiger partial charge in [-0.2, -0.15) is 0 Å². The molecule has 2 amide bonds. The number of hydrogen-bond acceptors (Lipinski definition) is 4. The third-order valence-corrected chi connectivity index (χ3v) is 4.75. The quantitative estimate of drug-likeness (QED) is 0.244. The Bertz CT molecular complexity index is 1090. The Morgan fingerprint density at radius 3 is 2.33 bits per heavy atom. The lowest BCUT2D eigenvalue weighted by Crippen LogP contribution is -2.25. The number of anilines is 1. The number of phenolic OH excluding ortho intramolecular Hbond substituents is 1. The topological polar surface area (TPSA) is 120 Å². The molecule has 1 aromatic heterocycles. The zero-order chi connectivity index (χ0) is 21.8. The van der Waals surface area contributed by atoms with E-state index in [1.54, 1.807) is 12.2 Å². The lowest BCUT2D eigenvalue weighted by molar-refractivity contribution is 0.0946. The van der Waals surface area contributed by atoms with E-state index in [1.165, 1.54) is 6.07 Å². The van der Waals surface area contributed by atoms with Gasteiger partial charge in [0.15, 0.2) is 11.6 Å². The number of nitrogens with two attached hydrogens (primary N) is 1. The fourth-order valence-corrected chi connectivity index (χ4v) is 3.04. The average molecular weight is 410 g/mol. The number of halogens is 1. The van der Waals surface area contributed by atoms with Crippen molar-refractivity contribution in [3.8, 4) is 5.75 Å². The second-order valence-corrected chi connectivity index (χ2v) is 6.96. The highest BCUT2D eigenvalue weighted by Crippen LogP contribution is 2.25. The maximum atomic E-state index is 13.5. The Kier molecular flexibility index (Phi) is 6.06. The number of aromatic amines is 1. The van der Waals surface area contributed by atoms with Gasteiger partial charge in [0.1, 0.15) is 5.69 Å². The molecule has 0 atom stereocenters. The Hall–Kier alpha value is -3.81. The van der Waals surface area contributed by atoms with Gasteiger partial charge in [0, 0.05) is 29.6 Å². The molecule has 0 fully saturated rings. The van der Waals surface area contributed by atoms with Crippen molar-refractivity contribution in [2.75, 3.05) is 18.8 Å². The maximum Gasteiger partial charge on any atom is 0.267 e. The number of nitrogen functional groups attached to an aromatic ring is 1. The number of hydrogen-bond donors (Lipinski definition) is 5. The first-order chi connectivity index (χ1) is 14.3. The molecule has 0 saturated carbocycles. The third-order valence-electron chi connectivity index (χ3n) is 4.75. The molecule has 0 spiro atoms. The molecule has 0 aliphatic carbocycles. The van der Waals surface area contributed by atoms with Gasteiger partial charge >= 0.3 is 0 Å². The minimum atomic E-state index is -0.958. The molecule has 0 bridgehead atoms. The third kappa shape index (κ3) is 4.43. The number of nitrogens with one attached hydrogen (secondary N) is 3. The zero-order valence-electron chi connectivity index (χ0n) is 16.7. The van der Waals surface area contributed by atoms with Gasteiger partial charge in [0.2, 0.25) is 0 Å². The van der Waals surface area contributed by atoms with Crippen molar-refractivity contribution in [3.63, 3.8) is 0 Å². The van der Waals surface area contributed by atoms with E-state index in [1.807, 2.05) is 32.0 Å². The molecule has 2 aromatic carbocycles. The SMILES string of the molecule is Cc1ccc(C)c2[nH]c(C(=O)NC/C=C\CNC(=O)c3cc(N)c(O)c(F)c3)cc12. The number of rotatable bonds is 6. The van der Waals surface area contributed by atoms with E-state index in [-0.39, 0.29) is 30.2 Å². The Labute approximate surface area is 172 Å². The molecule has 0 saturated heterocycles. The molecule has 6 N–H and O–H groups in total. The van der Waals surface area contributed by atoms with Crippen LogP contribution in [0.15, 0.2) is 42.5 Å². The van der Waals surface area contributed by atoms with Crippen molar-refractivity contribution in [3.05, 3.63) is 70.7 Å². The molecule has 3 rings (SSSR count). The molecule has 1 heterocycles. The van der Waals surface area contributed by atoms with Gasteiger partial charge in [-0.05, 0) is 43.2 Å². The molecule has 0 aliphatic heterocycles. The van der Waals surface area contributed by atoms with E-state index < -0.39 is 17.5 Å². The van der Waals surface area contributed by atoms with Crippen LogP contribution in [0.1, 0.15) is 32.0 Å². The highest BCUT2D eigenvalue weighted by Gasteiger charge is 2.13. The molecule has 7 nitrogen and oxygen atoms in total. The molecule has 0 unspecified atom stereocenters. The van der Waals surface area contributed by atoms with Crippen molar-refractivity contribution in [2.24, 2.45) is 0 Å². The minimum absolute atomic E-state index is 0.00824. The van der Waals surface area contributed by atoms with E-state index in [9.17, 15) is 19.1 Å². The van der Waals surface area contributed by atoms with Gasteiger partial charge in [-0.1, -0.05) is 24.3 Å². The van der Waals surface area contributed by atoms with Crippen molar-refractivity contribution in [1.29, 1.82) is 0 Å². The van der Waals surface area contributed by atoms with Crippen LogP contribution in [0.4, 0.5) is 10.1 Å². The number of aryl methyl sites for hydroxylation is 2. The molecule has 0 aliphatic rings. The normalized spacial score (nSPS) is 11.2. The van der Waals surface area contributed by atoms with E-state index >= 15 is 0 Å². The summed E-state index contributed by atoms with van der Waals surface area (Å²) in [5.41, 5.74) is 8.84. The van der Waals surface area contributed by atoms with Gasteiger partial charge < -0.3 is 26.5 Å². The number of carbonyl (C=O) groups excluding carboxylic acids is 2. The standard InChI is InChI=1S/C22H23FN4O3/c1-12-5-6-13(2)19-15(12)11-18(27-19)22(30)26-8-4-3-7-25-21(29)14-9-16(23)20(28)17(24)10-14/h3-6,9-11,27-28H,7-8,24H2,1-2H3,(H,25,29)(H,26,30)/b4-3-. The predicted octanol–water partition coefficient (Wildman–Crippen LogP) is 2.93. The van der Waals surface area contributed by atoms with Crippen LogP contribution >= 0.6 is 0 Å². The van der Waals surface area contributed by atoms with Crippen molar-refractivity contribution in [2.45, 2.75) is 13.8 Å². The number of carbonyl (C=O) groups is 2. The lowest BCUT2D eigenvalue weighted by Gasteiger charge is -2.06. The van der Waals surface area contributed by atoms with E-state index in [0.717, 1.165) is 28.1 Å². The number of phenols is 1. The summed E-state index contributed by atoms with van der Waals surface area (Å²) in [6.07, 6.45) is 3.36. The highest BCUT2D eigenvalue weighted by atomic mass is 19.1. The summed E-state index contributed by atoms with van der Waals surface area (Å²) in [5, 5.41) is 15.7. The minimum Gasteiger partial charge on any atom is -0.503 e. The Balaban J connectivity index is 1.50. The molecule has 156 valence electrons. The van der Waals surface area contributed by atoms with Crippen LogP contribution in [0.3, 0.4) is 0 Å². The summed E-state index contributed by atoms with van der Waals surface area (Å²) >= 11 is 0. The zero-order valence-corrected chi connectivity index (χ0v) is 16.7. The second kappa shape index (κ2) is 8.69. The summed E-state index contributed by atoms with van der Waals surface area (Å²) in [6.45, 7) is 4.44. The van der Waals surface area contributed by atoms with Crippen LogP contribution in [0.25, 0.3) is 10.9 Å². The molecular weight excluding hydrogens is 387 g/mol. The van der Waals surface area contributed by atoms with Crippen LogP contribution in [-0.4, -0.2) is 35.0 Å². The van der Waals surface area contributed by atoms with Gasteiger partial charge in [-0.3, -0.25) is 9.59 Å². The summed E-state index contributed by atoms with van der Waals surface area (Å²) in [6, 6.07) is 7.97. The fourth-order valence-electron chi connectivity index (χ4n) is 3.04. The van der Waals surface area contributed by atoms with Crippen molar-refractivity contribution >= 4 is 28.4 Å². The van der Waals surface area contributed by atoms with E-state index in [4.69, 9.17) is 5.73 Å². The number of H-pyrrole nitrogens is 1. The highest BCUT2D eigenvalue weighted by molar-refractivity contribution is 5.99. The second-order valence-electron chi connectivity index (χ2n) is 6.96. The number of fused-ring (bicyclic) bond motifs is 1. The summed E-state index contributed by atoms with van der Waals surface area (Å²) in [7, 11) is 0. The number of amides is 2. The number of aromatic nitrogens is 1. The smallest absolute Gasteiger partial charge is 0.267 e. The predicted molar refractivity (Wildman–Crippen MR) is 114 cm³/mol. The van der Waals surface area contributed by atoms with Crippen molar-refractivity contribution in [1.82, 2.24) is 15.6 Å². The summed E-state index contributed by atoms with van der Waals surface area (Å²) in [5.74, 6) is -2.39. The largest absolute Gasteiger partial charge is 0.503 e. The number of aromatic hydroxyl groups is 1. The maximum absolute atomic E-state index is 13.5. The summed E-state index contributed by atoms with van der Waals surface area (Å²) < 4.78 is 13.5. The van der Waals surface area contributed by atoms with Crippen molar-refractivity contribution < 1.29 is 19.1 Å². The first-order valence-corrected chi connectivity index (χ1v) is 9.36. The van der Waals surface area contributed by atoms with Gasteiger partial charge in [-0.25, -0.2) is 4.39 Å². The molecule has 0 radical (unpaired) electrons. The van der Waals surface area contributed by atoms with Crippen LogP contribution in [0.2, 0.25) is 0 Å². The van der Waals surface area contributed by atoms with Crippen LogP contribution in [-0.2, 0) is 0 Å². The first kappa shape index (κ1) is 20.9. The first-order valence-electron chi connectivity index (χ1n) is 9.36. The summed E-state index contributed by atoms with van der Waals surface area (Å²) in [4.78, 5) is 27.5. The van der Waals surface area contributed by atoms with Crippen LogP contribution in [0, 0.1) is 19.7 Å². The molecule has 8 heteroatoms. The molecular formula is C22H23FN4O3. The molecule has 30 heavy (non-hydrogen) atoms. The Morgan fingerprint density at radius 1 is 1.07 bits per heavy atom. The number of benzene rings is 2. The van der Waals surface area contributed by atoms with E-state index in [0.29, 0.717) is 5.69 Å². The lowest BCUT2D eigenvalue weighted by atomic mass is 10.1. The van der Waals surface area contributed by atoms with Gasteiger partial charge in [-0.15, -0.1) is 0 Å². The van der Waals surface area contributed by atoms with E-state index in [2.05, 4.69) is 15.6 Å². The van der Waals surface area contributed by atoms with Crippen LogP contribution in [0.5, 0.6) is 5.75 Å². The monoisotopic (exact) mass is 410 g/mol. The average Bonchev–Trinajstić information content (AvgIpc) is 3.18. The van der Waals surface area contributed by atoms with Gasteiger partial charge in [0.05, 0.1) is 5.69 Å². The molecule has 3 aromatic rings.